The lowest BCUT2D eigenvalue weighted by atomic mass is 9.95. The zero-order valence-corrected chi connectivity index (χ0v) is 15.8. The van der Waals surface area contributed by atoms with Crippen LogP contribution in [0.2, 0.25) is 0 Å². The smallest absolute Gasteiger partial charge is 0.233 e. The number of aromatic nitrogens is 1. The van der Waals surface area contributed by atoms with Crippen molar-refractivity contribution in [1.82, 2.24) is 14.8 Å². The standard InChI is InChI=1S/C21H25N3OS/c25-21(16-26-20-7-2-1-3-8-20)24-13-17-9-10-19(24)15-23(12-17)14-18-6-4-5-11-22-18/h1-8,11,17,19H,9-10,12-16H2/t17-,19+/m0/s1. The molecule has 4 nitrogen and oxygen atoms in total. The van der Waals surface area contributed by atoms with Crippen molar-refractivity contribution in [3.05, 3.63) is 60.4 Å². The van der Waals surface area contributed by atoms with Gasteiger partial charge < -0.3 is 4.90 Å². The van der Waals surface area contributed by atoms with Crippen LogP contribution in [0.15, 0.2) is 59.6 Å². The van der Waals surface area contributed by atoms with Crippen LogP contribution < -0.4 is 0 Å². The molecule has 136 valence electrons. The van der Waals surface area contributed by atoms with Gasteiger partial charge in [-0.05, 0) is 43.0 Å². The molecule has 5 heteroatoms. The quantitative estimate of drug-likeness (QED) is 0.760. The highest BCUT2D eigenvalue weighted by Gasteiger charge is 2.36. The molecule has 3 fully saturated rings. The number of amides is 1. The van der Waals surface area contributed by atoms with Crippen molar-refractivity contribution >= 4 is 17.7 Å². The van der Waals surface area contributed by atoms with E-state index in [9.17, 15) is 4.79 Å². The SMILES string of the molecule is O=C(CSc1ccccc1)N1C[C@H]2CC[C@@H]1CN(Cc1ccccn1)C2. The Morgan fingerprint density at radius 3 is 2.69 bits per heavy atom. The van der Waals surface area contributed by atoms with Crippen LogP contribution >= 0.6 is 11.8 Å². The first-order valence-corrected chi connectivity index (χ1v) is 10.4. The van der Waals surface area contributed by atoms with Gasteiger partial charge in [-0.2, -0.15) is 0 Å². The number of piperidine rings is 1. The van der Waals surface area contributed by atoms with Crippen molar-refractivity contribution in [2.45, 2.75) is 30.3 Å². The van der Waals surface area contributed by atoms with Gasteiger partial charge >= 0.3 is 0 Å². The van der Waals surface area contributed by atoms with Gasteiger partial charge in [-0.25, -0.2) is 0 Å². The first kappa shape index (κ1) is 17.6. The summed E-state index contributed by atoms with van der Waals surface area (Å²) in [6.45, 7) is 3.84. The number of fused-ring (bicyclic) bond motifs is 4. The molecule has 2 atom stereocenters. The molecule has 2 bridgehead atoms. The Labute approximate surface area is 159 Å². The lowest BCUT2D eigenvalue weighted by molar-refractivity contribution is -0.132. The molecule has 1 aromatic carbocycles. The topological polar surface area (TPSA) is 36.4 Å². The van der Waals surface area contributed by atoms with Gasteiger partial charge in [0.1, 0.15) is 0 Å². The summed E-state index contributed by atoms with van der Waals surface area (Å²) in [6, 6.07) is 16.6. The molecule has 5 rings (SSSR count). The third kappa shape index (κ3) is 4.27. The molecular weight excluding hydrogens is 342 g/mol. The number of carbonyl (C=O) groups is 1. The molecule has 0 aliphatic carbocycles. The second-order valence-corrected chi connectivity index (χ2v) is 8.31. The Kier molecular flexibility index (Phi) is 5.56. The molecule has 0 saturated carbocycles. The van der Waals surface area contributed by atoms with E-state index in [1.54, 1.807) is 11.8 Å². The van der Waals surface area contributed by atoms with E-state index < -0.39 is 0 Å². The molecule has 3 saturated heterocycles. The summed E-state index contributed by atoms with van der Waals surface area (Å²) in [7, 11) is 0. The molecule has 1 aromatic heterocycles. The first-order valence-electron chi connectivity index (χ1n) is 9.37. The Bertz CT molecular complexity index is 725. The lowest BCUT2D eigenvalue weighted by Gasteiger charge is -2.36. The van der Waals surface area contributed by atoms with Crippen LogP contribution in [-0.2, 0) is 11.3 Å². The van der Waals surface area contributed by atoms with Crippen LogP contribution in [0.3, 0.4) is 0 Å². The van der Waals surface area contributed by atoms with E-state index in [1.807, 2.05) is 36.5 Å². The number of pyridine rings is 1. The predicted octanol–water partition coefficient (Wildman–Crippen LogP) is 3.30. The molecule has 3 aliphatic rings. The van der Waals surface area contributed by atoms with Gasteiger partial charge in [0.25, 0.3) is 0 Å². The maximum Gasteiger partial charge on any atom is 0.233 e. The Balaban J connectivity index is 1.37. The fraction of sp³-hybridized carbons (Fsp3) is 0.429. The van der Waals surface area contributed by atoms with Crippen LogP contribution in [0.1, 0.15) is 18.5 Å². The number of hydrogen-bond donors (Lipinski definition) is 0. The largest absolute Gasteiger partial charge is 0.337 e. The van der Waals surface area contributed by atoms with Gasteiger partial charge in [-0.3, -0.25) is 14.7 Å². The van der Waals surface area contributed by atoms with Gasteiger partial charge in [-0.1, -0.05) is 24.3 Å². The van der Waals surface area contributed by atoms with E-state index in [-0.39, 0.29) is 5.91 Å². The minimum absolute atomic E-state index is 0.285. The number of thioether (sulfide) groups is 1. The number of nitrogens with zero attached hydrogens (tertiary/aromatic N) is 3. The van der Waals surface area contributed by atoms with Gasteiger partial charge in [0.2, 0.25) is 5.91 Å². The maximum atomic E-state index is 12.9. The second-order valence-electron chi connectivity index (χ2n) is 7.26. The number of carbonyl (C=O) groups excluding carboxylic acids is 1. The van der Waals surface area contributed by atoms with Crippen LogP contribution in [0.5, 0.6) is 0 Å². The van der Waals surface area contributed by atoms with E-state index in [2.05, 4.69) is 33.0 Å². The van der Waals surface area contributed by atoms with E-state index in [0.29, 0.717) is 17.7 Å². The summed E-state index contributed by atoms with van der Waals surface area (Å²) in [4.78, 5) is 23.1. The minimum Gasteiger partial charge on any atom is -0.337 e. The maximum absolute atomic E-state index is 12.9. The third-order valence-electron chi connectivity index (χ3n) is 5.33. The highest BCUT2D eigenvalue weighted by atomic mass is 32.2. The summed E-state index contributed by atoms with van der Waals surface area (Å²) >= 11 is 1.64. The zero-order valence-electron chi connectivity index (χ0n) is 15.0. The first-order chi connectivity index (χ1) is 12.8. The molecule has 0 unspecified atom stereocenters. The highest BCUT2D eigenvalue weighted by molar-refractivity contribution is 8.00. The van der Waals surface area contributed by atoms with Crippen molar-refractivity contribution in [2.75, 3.05) is 25.4 Å². The molecule has 3 aliphatic heterocycles. The summed E-state index contributed by atoms with van der Waals surface area (Å²) in [5.74, 6) is 1.41. The molecular formula is C21H25N3OS. The van der Waals surface area contributed by atoms with E-state index in [4.69, 9.17) is 0 Å². The number of benzene rings is 1. The summed E-state index contributed by atoms with van der Waals surface area (Å²) in [6.07, 6.45) is 4.22. The molecule has 1 amide bonds. The van der Waals surface area contributed by atoms with Crippen molar-refractivity contribution in [2.24, 2.45) is 5.92 Å². The summed E-state index contributed by atoms with van der Waals surface area (Å²) < 4.78 is 0. The van der Waals surface area contributed by atoms with Gasteiger partial charge in [-0.15, -0.1) is 11.8 Å². The zero-order chi connectivity index (χ0) is 17.8. The third-order valence-corrected chi connectivity index (χ3v) is 6.32. The fourth-order valence-corrected chi connectivity index (χ4v) is 4.88. The van der Waals surface area contributed by atoms with Crippen molar-refractivity contribution < 1.29 is 4.79 Å². The van der Waals surface area contributed by atoms with Gasteiger partial charge in [0, 0.05) is 43.3 Å². The van der Waals surface area contributed by atoms with Crippen LogP contribution in [0.4, 0.5) is 0 Å². The Morgan fingerprint density at radius 1 is 1.04 bits per heavy atom. The monoisotopic (exact) mass is 367 g/mol. The van der Waals surface area contributed by atoms with Crippen molar-refractivity contribution in [3.8, 4) is 0 Å². The molecule has 4 heterocycles. The highest BCUT2D eigenvalue weighted by Crippen LogP contribution is 2.29. The average Bonchev–Trinajstić information content (AvgIpc) is 2.98. The Morgan fingerprint density at radius 2 is 1.88 bits per heavy atom. The van der Waals surface area contributed by atoms with Crippen LogP contribution in [0.25, 0.3) is 0 Å². The minimum atomic E-state index is 0.285. The molecule has 0 spiro atoms. The van der Waals surface area contributed by atoms with E-state index in [1.165, 1.54) is 6.42 Å². The number of rotatable bonds is 5. The second kappa shape index (κ2) is 8.23. The van der Waals surface area contributed by atoms with E-state index >= 15 is 0 Å². The predicted molar refractivity (Wildman–Crippen MR) is 105 cm³/mol. The Hall–Kier alpha value is -1.85. The summed E-state index contributed by atoms with van der Waals surface area (Å²) in [5, 5.41) is 0. The fourth-order valence-electron chi connectivity index (χ4n) is 4.08. The van der Waals surface area contributed by atoms with Crippen LogP contribution in [0, 0.1) is 5.92 Å². The number of hydrogen-bond acceptors (Lipinski definition) is 4. The molecule has 2 aromatic rings. The molecule has 0 radical (unpaired) electrons. The van der Waals surface area contributed by atoms with Gasteiger partial charge in [0.15, 0.2) is 0 Å². The molecule has 26 heavy (non-hydrogen) atoms. The average molecular weight is 368 g/mol. The summed E-state index contributed by atoms with van der Waals surface area (Å²) in [5.41, 5.74) is 1.12. The van der Waals surface area contributed by atoms with Gasteiger partial charge in [0.05, 0.1) is 11.4 Å². The van der Waals surface area contributed by atoms with E-state index in [0.717, 1.165) is 43.2 Å². The van der Waals surface area contributed by atoms with Crippen LogP contribution in [-0.4, -0.2) is 52.1 Å². The normalized spacial score (nSPS) is 23.0. The van der Waals surface area contributed by atoms with Crippen molar-refractivity contribution in [1.29, 1.82) is 0 Å². The van der Waals surface area contributed by atoms with Crippen molar-refractivity contribution in [3.63, 3.8) is 0 Å². The lowest BCUT2D eigenvalue weighted by Crippen LogP contribution is -2.48. The molecule has 0 N–H and O–H groups in total.